The molecule has 0 aliphatic carbocycles. The summed E-state index contributed by atoms with van der Waals surface area (Å²) in [6.45, 7) is 3.93. The minimum Gasteiger partial charge on any atom is -0.481 e. The van der Waals surface area contributed by atoms with Gasteiger partial charge in [0.2, 0.25) is 0 Å². The second-order valence-corrected chi connectivity index (χ2v) is 9.24. The van der Waals surface area contributed by atoms with E-state index in [4.69, 9.17) is 21.3 Å². The fourth-order valence-electron chi connectivity index (χ4n) is 3.04. The van der Waals surface area contributed by atoms with E-state index in [-0.39, 0.29) is 5.02 Å². The first kappa shape index (κ1) is 21.8. The molecule has 0 spiro atoms. The molecule has 160 valence electrons. The topological polar surface area (TPSA) is 52.8 Å². The van der Waals surface area contributed by atoms with Gasteiger partial charge in [-0.05, 0) is 38.1 Å². The van der Waals surface area contributed by atoms with E-state index in [2.05, 4.69) is 40.7 Å². The number of rotatable bonds is 7. The van der Waals surface area contributed by atoms with Gasteiger partial charge in [0.05, 0.1) is 10.7 Å². The number of benzene rings is 2. The summed E-state index contributed by atoms with van der Waals surface area (Å²) < 4.78 is 21.0. The van der Waals surface area contributed by atoms with Crippen molar-refractivity contribution in [2.24, 2.45) is 7.05 Å². The maximum absolute atomic E-state index is 13.2. The van der Waals surface area contributed by atoms with Gasteiger partial charge in [0.1, 0.15) is 16.6 Å². The van der Waals surface area contributed by atoms with Gasteiger partial charge in [-0.15, -0.1) is 21.5 Å². The highest BCUT2D eigenvalue weighted by Gasteiger charge is 2.19. The first-order valence-electron chi connectivity index (χ1n) is 9.56. The summed E-state index contributed by atoms with van der Waals surface area (Å²) >= 11 is 9.26. The maximum atomic E-state index is 13.2. The summed E-state index contributed by atoms with van der Waals surface area (Å²) in [5.74, 6) is 1.34. The third kappa shape index (κ3) is 5.08. The molecule has 1 atom stereocenters. The number of thioether (sulfide) groups is 1. The Morgan fingerprint density at radius 2 is 2.06 bits per heavy atom. The average molecular weight is 475 g/mol. The van der Waals surface area contributed by atoms with Crippen LogP contribution >= 0.6 is 34.7 Å². The van der Waals surface area contributed by atoms with Crippen molar-refractivity contribution < 1.29 is 9.13 Å². The lowest BCUT2D eigenvalue weighted by Gasteiger charge is -2.15. The van der Waals surface area contributed by atoms with Crippen molar-refractivity contribution >= 4 is 34.7 Å². The predicted molar refractivity (Wildman–Crippen MR) is 123 cm³/mol. The van der Waals surface area contributed by atoms with Crippen LogP contribution in [0.2, 0.25) is 5.02 Å². The Kier molecular flexibility index (Phi) is 6.60. The molecule has 9 heteroatoms. The number of aryl methyl sites for hydroxylation is 1. The number of hydrogen-bond acceptors (Lipinski definition) is 6. The summed E-state index contributed by atoms with van der Waals surface area (Å²) in [5, 5.41) is 12.6. The van der Waals surface area contributed by atoms with Crippen LogP contribution in [0.5, 0.6) is 5.75 Å². The summed E-state index contributed by atoms with van der Waals surface area (Å²) in [7, 11) is 1.89. The molecule has 0 bridgehead atoms. The van der Waals surface area contributed by atoms with E-state index in [1.807, 2.05) is 24.6 Å². The molecule has 2 aromatic heterocycles. The summed E-state index contributed by atoms with van der Waals surface area (Å²) in [6.07, 6.45) is -0.401. The molecule has 4 aromatic rings. The average Bonchev–Trinajstić information content (AvgIpc) is 3.35. The standard InChI is InChI=1S/C22H20ClFN4OS2/c1-13-5-4-6-15(9-13)21-25-17(11-30-21)12-31-22-27-26-20(28(22)3)14(2)29-19-8-7-16(24)10-18(19)23/h4-11,14H,12H2,1-3H3. The number of nitrogens with zero attached hydrogens (tertiary/aromatic N) is 4. The van der Waals surface area contributed by atoms with Crippen LogP contribution in [0.25, 0.3) is 10.6 Å². The normalized spacial score (nSPS) is 12.2. The van der Waals surface area contributed by atoms with Crippen LogP contribution in [0.1, 0.15) is 30.1 Å². The quantitative estimate of drug-likeness (QED) is 0.287. The van der Waals surface area contributed by atoms with Crippen molar-refractivity contribution in [3.63, 3.8) is 0 Å². The molecule has 0 saturated carbocycles. The van der Waals surface area contributed by atoms with Gasteiger partial charge in [-0.2, -0.15) is 0 Å². The molecule has 1 unspecified atom stereocenters. The number of halogens is 2. The maximum Gasteiger partial charge on any atom is 0.191 e. The van der Waals surface area contributed by atoms with Gasteiger partial charge >= 0.3 is 0 Å². The number of hydrogen-bond donors (Lipinski definition) is 0. The third-order valence-corrected chi connectivity index (χ3v) is 6.89. The fourth-order valence-corrected chi connectivity index (χ4v) is 4.99. The molecular formula is C22H20ClFN4OS2. The second-order valence-electron chi connectivity index (χ2n) is 7.04. The van der Waals surface area contributed by atoms with Gasteiger partial charge in [0, 0.05) is 23.7 Å². The highest BCUT2D eigenvalue weighted by Crippen LogP contribution is 2.31. The first-order chi connectivity index (χ1) is 14.9. The zero-order valence-electron chi connectivity index (χ0n) is 17.2. The van der Waals surface area contributed by atoms with Crippen molar-refractivity contribution in [2.45, 2.75) is 30.9 Å². The highest BCUT2D eigenvalue weighted by molar-refractivity contribution is 7.98. The van der Waals surface area contributed by atoms with Gasteiger partial charge in [-0.1, -0.05) is 47.1 Å². The molecule has 4 rings (SSSR count). The van der Waals surface area contributed by atoms with Crippen LogP contribution in [0.15, 0.2) is 53.0 Å². The van der Waals surface area contributed by atoms with Crippen LogP contribution < -0.4 is 4.74 Å². The van der Waals surface area contributed by atoms with Crippen molar-refractivity contribution in [1.82, 2.24) is 19.7 Å². The van der Waals surface area contributed by atoms with Crippen LogP contribution in [-0.2, 0) is 12.8 Å². The lowest BCUT2D eigenvalue weighted by Crippen LogP contribution is -2.10. The van der Waals surface area contributed by atoms with E-state index in [1.54, 1.807) is 23.1 Å². The molecule has 0 saturated heterocycles. The highest BCUT2D eigenvalue weighted by atomic mass is 35.5. The van der Waals surface area contributed by atoms with Crippen LogP contribution in [0, 0.1) is 12.7 Å². The van der Waals surface area contributed by atoms with E-state index in [0.717, 1.165) is 21.4 Å². The van der Waals surface area contributed by atoms with Gasteiger partial charge < -0.3 is 9.30 Å². The van der Waals surface area contributed by atoms with E-state index in [9.17, 15) is 4.39 Å². The summed E-state index contributed by atoms with van der Waals surface area (Å²) in [6, 6.07) is 12.4. The first-order valence-corrected chi connectivity index (χ1v) is 11.8. The van der Waals surface area contributed by atoms with Crippen molar-refractivity contribution in [3.05, 3.63) is 75.8 Å². The lowest BCUT2D eigenvalue weighted by atomic mass is 10.1. The molecule has 0 aliphatic rings. The zero-order valence-corrected chi connectivity index (χ0v) is 19.6. The minimum absolute atomic E-state index is 0.219. The monoisotopic (exact) mass is 474 g/mol. The molecule has 2 heterocycles. The number of aromatic nitrogens is 4. The van der Waals surface area contributed by atoms with E-state index >= 15 is 0 Å². The molecule has 0 radical (unpaired) electrons. The fraction of sp³-hybridized carbons (Fsp3) is 0.227. The third-order valence-electron chi connectivity index (χ3n) is 4.60. The molecule has 0 fully saturated rings. The van der Waals surface area contributed by atoms with Gasteiger partial charge in [-0.3, -0.25) is 0 Å². The summed E-state index contributed by atoms with van der Waals surface area (Å²) in [4.78, 5) is 4.75. The largest absolute Gasteiger partial charge is 0.481 e. The Morgan fingerprint density at radius 3 is 2.84 bits per heavy atom. The summed E-state index contributed by atoms with van der Waals surface area (Å²) in [5.41, 5.74) is 3.35. The Bertz CT molecular complexity index is 1210. The van der Waals surface area contributed by atoms with Gasteiger partial charge in [0.15, 0.2) is 17.1 Å². The Morgan fingerprint density at radius 1 is 1.23 bits per heavy atom. The molecule has 0 amide bonds. The Hall–Kier alpha value is -2.42. The predicted octanol–water partition coefficient (Wildman–Crippen LogP) is 6.47. The van der Waals surface area contributed by atoms with Gasteiger partial charge in [0.25, 0.3) is 0 Å². The number of ether oxygens (including phenoxy) is 1. The lowest BCUT2D eigenvalue weighted by molar-refractivity contribution is 0.211. The molecule has 31 heavy (non-hydrogen) atoms. The van der Waals surface area contributed by atoms with Crippen molar-refractivity contribution in [3.8, 4) is 16.3 Å². The minimum atomic E-state index is -0.407. The van der Waals surface area contributed by atoms with Crippen molar-refractivity contribution in [2.75, 3.05) is 0 Å². The number of thiazole rings is 1. The smallest absolute Gasteiger partial charge is 0.191 e. The molecule has 0 N–H and O–H groups in total. The van der Waals surface area contributed by atoms with Crippen LogP contribution in [0.3, 0.4) is 0 Å². The molecule has 0 aliphatic heterocycles. The Balaban J connectivity index is 1.42. The Labute approximate surface area is 193 Å². The van der Waals surface area contributed by atoms with Crippen LogP contribution in [-0.4, -0.2) is 19.7 Å². The van der Waals surface area contributed by atoms with Gasteiger partial charge in [-0.25, -0.2) is 9.37 Å². The SMILES string of the molecule is Cc1cccc(-c2nc(CSc3nnc(C(C)Oc4ccc(F)cc4Cl)n3C)cs2)c1. The molecule has 5 nitrogen and oxygen atoms in total. The molecule has 2 aromatic carbocycles. The van der Waals surface area contributed by atoms with Crippen LogP contribution in [0.4, 0.5) is 4.39 Å². The van der Waals surface area contributed by atoms with E-state index in [0.29, 0.717) is 17.3 Å². The van der Waals surface area contributed by atoms with E-state index in [1.165, 1.54) is 23.8 Å². The van der Waals surface area contributed by atoms with Crippen molar-refractivity contribution in [1.29, 1.82) is 0 Å². The second kappa shape index (κ2) is 9.38. The van der Waals surface area contributed by atoms with E-state index < -0.39 is 11.9 Å². The molecular weight excluding hydrogens is 455 g/mol. The zero-order chi connectivity index (χ0) is 22.0.